The first-order chi connectivity index (χ1) is 14.6. The van der Waals surface area contributed by atoms with Gasteiger partial charge in [-0.15, -0.1) is 5.10 Å². The molecule has 0 radical (unpaired) electrons. The van der Waals surface area contributed by atoms with Crippen LogP contribution in [0.15, 0.2) is 23.0 Å². The monoisotopic (exact) mass is 410 g/mol. The zero-order chi connectivity index (χ0) is 21.1. The maximum atomic E-state index is 13.2. The van der Waals surface area contributed by atoms with E-state index in [0.29, 0.717) is 24.5 Å². The number of aryl methyl sites for hydroxylation is 2. The molecule has 1 N–H and O–H groups in total. The SMILES string of the molecule is COCCn1nnnc1C(c1cc2cc(C)c(C)cc2[nH]c1=O)N1CCCCCC1. The number of fused-ring (bicyclic) bond motifs is 1. The van der Waals surface area contributed by atoms with E-state index in [-0.39, 0.29) is 11.6 Å². The summed E-state index contributed by atoms with van der Waals surface area (Å²) in [7, 11) is 1.66. The van der Waals surface area contributed by atoms with Crippen molar-refractivity contribution in [3.8, 4) is 0 Å². The van der Waals surface area contributed by atoms with Gasteiger partial charge in [0.25, 0.3) is 5.56 Å². The molecular weight excluding hydrogens is 380 g/mol. The second-order valence-corrected chi connectivity index (χ2v) is 8.18. The Labute approximate surface area is 176 Å². The molecule has 1 fully saturated rings. The third-order valence-electron chi connectivity index (χ3n) is 6.10. The molecule has 3 aromatic rings. The molecule has 0 aliphatic carbocycles. The zero-order valence-corrected chi connectivity index (χ0v) is 18.0. The van der Waals surface area contributed by atoms with E-state index in [1.54, 1.807) is 11.8 Å². The summed E-state index contributed by atoms with van der Waals surface area (Å²) >= 11 is 0. The van der Waals surface area contributed by atoms with Gasteiger partial charge in [-0.3, -0.25) is 9.69 Å². The second-order valence-electron chi connectivity index (χ2n) is 8.18. The van der Waals surface area contributed by atoms with Crippen LogP contribution in [0.3, 0.4) is 0 Å². The average Bonchev–Trinajstić information content (AvgIpc) is 3.01. The van der Waals surface area contributed by atoms with E-state index < -0.39 is 0 Å². The van der Waals surface area contributed by atoms with Crippen LogP contribution in [0.4, 0.5) is 0 Å². The van der Waals surface area contributed by atoms with Crippen LogP contribution in [0.1, 0.15) is 54.2 Å². The zero-order valence-electron chi connectivity index (χ0n) is 18.0. The molecule has 1 aliphatic heterocycles. The Morgan fingerprint density at radius 3 is 2.57 bits per heavy atom. The Hall–Kier alpha value is -2.58. The van der Waals surface area contributed by atoms with Crippen molar-refractivity contribution in [2.24, 2.45) is 0 Å². The molecule has 0 spiro atoms. The summed E-state index contributed by atoms with van der Waals surface area (Å²) in [6.45, 7) is 7.06. The number of hydrogen-bond donors (Lipinski definition) is 1. The van der Waals surface area contributed by atoms with Crippen molar-refractivity contribution in [1.29, 1.82) is 0 Å². The molecule has 8 heteroatoms. The lowest BCUT2D eigenvalue weighted by molar-refractivity contribution is 0.175. The molecule has 1 unspecified atom stereocenters. The minimum atomic E-state index is -0.287. The van der Waals surface area contributed by atoms with Gasteiger partial charge < -0.3 is 9.72 Å². The standard InChI is InChI=1S/C22H30N6O2/c1-15-12-17-14-18(22(29)23-19(17)13-16(15)2)20(27-8-6-4-5-7-9-27)21-24-25-26-28(21)10-11-30-3/h12-14,20H,4-11H2,1-3H3,(H,23,29). The van der Waals surface area contributed by atoms with Crippen molar-refractivity contribution >= 4 is 10.9 Å². The fourth-order valence-corrected chi connectivity index (χ4v) is 4.29. The number of hydrogen-bond acceptors (Lipinski definition) is 6. The predicted molar refractivity (Wildman–Crippen MR) is 116 cm³/mol. The van der Waals surface area contributed by atoms with Crippen molar-refractivity contribution in [2.45, 2.75) is 52.1 Å². The minimum absolute atomic E-state index is 0.0821. The molecule has 1 atom stereocenters. The summed E-state index contributed by atoms with van der Waals surface area (Å²) in [6.07, 6.45) is 4.65. The van der Waals surface area contributed by atoms with Crippen molar-refractivity contribution in [2.75, 3.05) is 26.8 Å². The Balaban J connectivity index is 1.85. The highest BCUT2D eigenvalue weighted by Crippen LogP contribution is 2.29. The average molecular weight is 411 g/mol. The second kappa shape index (κ2) is 9.06. The van der Waals surface area contributed by atoms with Crippen molar-refractivity contribution in [3.05, 3.63) is 51.1 Å². The van der Waals surface area contributed by atoms with Gasteiger partial charge in [-0.1, -0.05) is 12.8 Å². The number of rotatable bonds is 6. The number of nitrogens with zero attached hydrogens (tertiary/aromatic N) is 5. The Morgan fingerprint density at radius 2 is 1.83 bits per heavy atom. The van der Waals surface area contributed by atoms with Crippen molar-refractivity contribution in [3.63, 3.8) is 0 Å². The van der Waals surface area contributed by atoms with Gasteiger partial charge in [0.05, 0.1) is 13.2 Å². The minimum Gasteiger partial charge on any atom is -0.383 e. The molecule has 3 heterocycles. The van der Waals surface area contributed by atoms with Gasteiger partial charge in [-0.05, 0) is 84.9 Å². The maximum Gasteiger partial charge on any atom is 0.253 e. The van der Waals surface area contributed by atoms with Crippen LogP contribution in [0.2, 0.25) is 0 Å². The Morgan fingerprint density at radius 1 is 1.10 bits per heavy atom. The molecule has 30 heavy (non-hydrogen) atoms. The normalized spacial score (nSPS) is 16.6. The lowest BCUT2D eigenvalue weighted by Gasteiger charge is -2.29. The first-order valence-electron chi connectivity index (χ1n) is 10.7. The molecule has 0 saturated carbocycles. The topological polar surface area (TPSA) is 88.9 Å². The highest BCUT2D eigenvalue weighted by molar-refractivity contribution is 5.81. The largest absolute Gasteiger partial charge is 0.383 e. The van der Waals surface area contributed by atoms with Gasteiger partial charge in [0, 0.05) is 18.2 Å². The number of tetrazole rings is 1. The molecule has 2 aromatic heterocycles. The van der Waals surface area contributed by atoms with E-state index in [0.717, 1.165) is 36.8 Å². The van der Waals surface area contributed by atoms with Crippen LogP contribution < -0.4 is 5.56 Å². The van der Waals surface area contributed by atoms with E-state index in [1.807, 2.05) is 12.1 Å². The van der Waals surface area contributed by atoms with Crippen LogP contribution in [0, 0.1) is 13.8 Å². The van der Waals surface area contributed by atoms with Crippen LogP contribution in [0.5, 0.6) is 0 Å². The van der Waals surface area contributed by atoms with Crippen LogP contribution >= 0.6 is 0 Å². The number of likely N-dealkylation sites (tertiary alicyclic amines) is 1. The lowest BCUT2D eigenvalue weighted by Crippen LogP contribution is -2.36. The number of pyridine rings is 1. The molecule has 1 aliphatic rings. The van der Waals surface area contributed by atoms with Crippen molar-refractivity contribution in [1.82, 2.24) is 30.1 Å². The number of methoxy groups -OCH3 is 1. The Bertz CT molecular complexity index is 1070. The summed E-state index contributed by atoms with van der Waals surface area (Å²) in [4.78, 5) is 18.7. The molecule has 0 amide bonds. The summed E-state index contributed by atoms with van der Waals surface area (Å²) < 4.78 is 7.00. The van der Waals surface area contributed by atoms with Crippen LogP contribution in [-0.4, -0.2) is 56.9 Å². The maximum absolute atomic E-state index is 13.2. The van der Waals surface area contributed by atoms with Gasteiger partial charge in [0.15, 0.2) is 5.82 Å². The molecule has 8 nitrogen and oxygen atoms in total. The van der Waals surface area contributed by atoms with E-state index >= 15 is 0 Å². The van der Waals surface area contributed by atoms with Gasteiger partial charge in [0.1, 0.15) is 6.04 Å². The number of ether oxygens (including phenoxy) is 1. The summed E-state index contributed by atoms with van der Waals surface area (Å²) in [5.74, 6) is 0.697. The fraction of sp³-hybridized carbons (Fsp3) is 0.545. The third-order valence-corrected chi connectivity index (χ3v) is 6.10. The van der Waals surface area contributed by atoms with E-state index in [4.69, 9.17) is 4.74 Å². The Kier molecular flexibility index (Phi) is 6.24. The number of H-pyrrole nitrogens is 1. The smallest absolute Gasteiger partial charge is 0.253 e. The summed E-state index contributed by atoms with van der Waals surface area (Å²) in [6, 6.07) is 5.91. The number of nitrogens with one attached hydrogen (secondary N) is 1. The van der Waals surface area contributed by atoms with E-state index in [1.165, 1.54) is 24.0 Å². The number of aromatic amines is 1. The summed E-state index contributed by atoms with van der Waals surface area (Å²) in [5, 5.41) is 13.5. The highest BCUT2D eigenvalue weighted by Gasteiger charge is 2.30. The van der Waals surface area contributed by atoms with Gasteiger partial charge in [-0.2, -0.15) is 0 Å². The van der Waals surface area contributed by atoms with Crippen LogP contribution in [-0.2, 0) is 11.3 Å². The quantitative estimate of drug-likeness (QED) is 0.672. The van der Waals surface area contributed by atoms with Gasteiger partial charge >= 0.3 is 0 Å². The predicted octanol–water partition coefficient (Wildman–Crippen LogP) is 2.74. The molecule has 0 bridgehead atoms. The number of aromatic nitrogens is 5. The fourth-order valence-electron chi connectivity index (χ4n) is 4.29. The van der Waals surface area contributed by atoms with Crippen molar-refractivity contribution < 1.29 is 4.74 Å². The van der Waals surface area contributed by atoms with Gasteiger partial charge in [-0.25, -0.2) is 4.68 Å². The van der Waals surface area contributed by atoms with E-state index in [9.17, 15) is 4.79 Å². The summed E-state index contributed by atoms with van der Waals surface area (Å²) in [5.41, 5.74) is 3.85. The first-order valence-corrected chi connectivity index (χ1v) is 10.7. The molecule has 1 aromatic carbocycles. The van der Waals surface area contributed by atoms with Crippen LogP contribution in [0.25, 0.3) is 10.9 Å². The first kappa shape index (κ1) is 20.7. The molecule has 4 rings (SSSR count). The molecule has 1 saturated heterocycles. The molecule has 160 valence electrons. The third kappa shape index (κ3) is 4.15. The highest BCUT2D eigenvalue weighted by atomic mass is 16.5. The van der Waals surface area contributed by atoms with E-state index in [2.05, 4.69) is 45.3 Å². The van der Waals surface area contributed by atoms with Gasteiger partial charge in [0.2, 0.25) is 0 Å². The number of benzene rings is 1. The lowest BCUT2D eigenvalue weighted by atomic mass is 10.0. The molecular formula is C22H30N6O2.